The average molecular weight is 248 g/mol. The predicted octanol–water partition coefficient (Wildman–Crippen LogP) is 0.0137. The number of ether oxygens (including phenoxy) is 1. The van der Waals surface area contributed by atoms with Gasteiger partial charge in [-0.05, 0) is 13.5 Å². The number of hydrogen-bond acceptors (Lipinski definition) is 5. The molecule has 0 spiro atoms. The van der Waals surface area contributed by atoms with Crippen molar-refractivity contribution in [1.82, 2.24) is 19.8 Å². The Balaban J connectivity index is 1.75. The maximum atomic E-state index is 12.3. The number of methoxy groups -OCH3 is 1. The molecule has 0 saturated carbocycles. The number of amides is 1. The number of aromatic nitrogens is 2. The number of hydrogen-bond donors (Lipinski definition) is 0. The predicted molar refractivity (Wildman–Crippen MR) is 64.4 cm³/mol. The van der Waals surface area contributed by atoms with Gasteiger partial charge in [0, 0.05) is 25.2 Å². The summed E-state index contributed by atoms with van der Waals surface area (Å²) in [6.45, 7) is 1.90. The van der Waals surface area contributed by atoms with Gasteiger partial charge in [-0.2, -0.15) is 0 Å². The molecule has 2 bridgehead atoms. The molecule has 6 nitrogen and oxygen atoms in total. The highest BCUT2D eigenvalue weighted by Gasteiger charge is 2.46. The fourth-order valence-electron chi connectivity index (χ4n) is 2.82. The molecule has 3 rings (SSSR count). The van der Waals surface area contributed by atoms with E-state index in [1.54, 1.807) is 0 Å². The lowest BCUT2D eigenvalue weighted by Crippen LogP contribution is -2.69. The molecule has 1 aromatic heterocycles. The molecule has 2 aliphatic rings. The Morgan fingerprint density at radius 1 is 1.33 bits per heavy atom. The van der Waals surface area contributed by atoms with Crippen LogP contribution in [0.3, 0.4) is 0 Å². The SMILES string of the molecule is COc1cnc(C(=O)N2C3CC2CN(C)C3)cn1. The zero-order valence-corrected chi connectivity index (χ0v) is 10.5. The molecule has 96 valence electrons. The lowest BCUT2D eigenvalue weighted by molar-refractivity contribution is -0.0401. The Kier molecular flexibility index (Phi) is 2.66. The molecule has 2 fully saturated rings. The van der Waals surface area contributed by atoms with Crippen LogP contribution in [-0.4, -0.2) is 65.0 Å². The summed E-state index contributed by atoms with van der Waals surface area (Å²) in [5.41, 5.74) is 0.398. The van der Waals surface area contributed by atoms with E-state index in [2.05, 4.69) is 21.9 Å². The van der Waals surface area contributed by atoms with Gasteiger partial charge in [0.25, 0.3) is 5.91 Å². The van der Waals surface area contributed by atoms with Crippen LogP contribution in [0.25, 0.3) is 0 Å². The van der Waals surface area contributed by atoms with E-state index in [9.17, 15) is 4.79 Å². The van der Waals surface area contributed by atoms with E-state index in [0.717, 1.165) is 19.5 Å². The van der Waals surface area contributed by atoms with E-state index in [0.29, 0.717) is 23.7 Å². The van der Waals surface area contributed by atoms with Crippen molar-refractivity contribution in [3.8, 4) is 5.88 Å². The second-order valence-corrected chi connectivity index (χ2v) is 4.92. The minimum Gasteiger partial charge on any atom is -0.480 e. The first-order valence-electron chi connectivity index (χ1n) is 6.06. The molecule has 0 radical (unpaired) electrons. The summed E-state index contributed by atoms with van der Waals surface area (Å²) in [7, 11) is 3.62. The first-order chi connectivity index (χ1) is 8.69. The summed E-state index contributed by atoms with van der Waals surface area (Å²) in [5.74, 6) is 0.412. The molecule has 3 heterocycles. The minimum absolute atomic E-state index is 0.0143. The van der Waals surface area contributed by atoms with Gasteiger partial charge in [-0.25, -0.2) is 9.97 Å². The molecule has 18 heavy (non-hydrogen) atoms. The molecule has 2 saturated heterocycles. The molecular weight excluding hydrogens is 232 g/mol. The monoisotopic (exact) mass is 248 g/mol. The van der Waals surface area contributed by atoms with Crippen LogP contribution in [0.5, 0.6) is 5.88 Å². The van der Waals surface area contributed by atoms with Crippen molar-refractivity contribution < 1.29 is 9.53 Å². The standard InChI is InChI=1S/C12H16N4O2/c1-15-6-8-3-9(7-15)16(8)12(17)10-4-14-11(18-2)5-13-10/h4-5,8-9H,3,6-7H2,1-2H3. The number of carbonyl (C=O) groups excluding carboxylic acids is 1. The van der Waals surface area contributed by atoms with Gasteiger partial charge in [-0.15, -0.1) is 0 Å². The minimum atomic E-state index is -0.0143. The topological polar surface area (TPSA) is 58.6 Å². The van der Waals surface area contributed by atoms with Gasteiger partial charge in [0.2, 0.25) is 5.88 Å². The number of rotatable bonds is 2. The summed E-state index contributed by atoms with van der Waals surface area (Å²) >= 11 is 0. The number of fused-ring (bicyclic) bond motifs is 2. The molecule has 0 N–H and O–H groups in total. The number of carbonyl (C=O) groups is 1. The smallest absolute Gasteiger partial charge is 0.274 e. The van der Waals surface area contributed by atoms with E-state index in [1.165, 1.54) is 19.5 Å². The quantitative estimate of drug-likeness (QED) is 0.738. The zero-order valence-electron chi connectivity index (χ0n) is 10.5. The van der Waals surface area contributed by atoms with Crippen molar-refractivity contribution >= 4 is 5.91 Å². The van der Waals surface area contributed by atoms with Gasteiger partial charge in [0.1, 0.15) is 5.69 Å². The van der Waals surface area contributed by atoms with Gasteiger partial charge in [-0.1, -0.05) is 0 Å². The average Bonchev–Trinajstić information content (AvgIpc) is 2.38. The third-order valence-electron chi connectivity index (χ3n) is 3.67. The maximum Gasteiger partial charge on any atom is 0.274 e. The van der Waals surface area contributed by atoms with E-state index < -0.39 is 0 Å². The van der Waals surface area contributed by atoms with Crippen LogP contribution in [-0.2, 0) is 0 Å². The highest BCUT2D eigenvalue weighted by molar-refractivity contribution is 5.93. The third kappa shape index (κ3) is 1.73. The number of likely N-dealkylation sites (tertiary alicyclic amines) is 2. The largest absolute Gasteiger partial charge is 0.480 e. The first-order valence-corrected chi connectivity index (χ1v) is 6.06. The number of nitrogens with zero attached hydrogens (tertiary/aromatic N) is 4. The Morgan fingerprint density at radius 2 is 2.06 bits per heavy atom. The number of piperazine rings is 1. The third-order valence-corrected chi connectivity index (χ3v) is 3.67. The van der Waals surface area contributed by atoms with Crippen molar-refractivity contribution in [2.45, 2.75) is 18.5 Å². The number of piperidine rings is 1. The lowest BCUT2D eigenvalue weighted by Gasteiger charge is -2.55. The van der Waals surface area contributed by atoms with Crippen molar-refractivity contribution in [2.24, 2.45) is 0 Å². The summed E-state index contributed by atoms with van der Waals surface area (Å²) in [4.78, 5) is 24.6. The lowest BCUT2D eigenvalue weighted by atomic mass is 9.87. The van der Waals surface area contributed by atoms with Crippen molar-refractivity contribution in [2.75, 3.05) is 27.2 Å². The first kappa shape index (κ1) is 11.4. The van der Waals surface area contributed by atoms with Crippen molar-refractivity contribution in [3.63, 3.8) is 0 Å². The molecule has 6 heteroatoms. The fraction of sp³-hybridized carbons (Fsp3) is 0.583. The van der Waals surface area contributed by atoms with Crippen LogP contribution >= 0.6 is 0 Å². The fourth-order valence-corrected chi connectivity index (χ4v) is 2.82. The van der Waals surface area contributed by atoms with Crippen LogP contribution in [0.1, 0.15) is 16.9 Å². The Labute approximate surface area is 106 Å². The zero-order chi connectivity index (χ0) is 12.7. The Morgan fingerprint density at radius 3 is 2.61 bits per heavy atom. The molecular formula is C12H16N4O2. The van der Waals surface area contributed by atoms with Crippen LogP contribution in [0, 0.1) is 0 Å². The maximum absolute atomic E-state index is 12.3. The second kappa shape index (κ2) is 4.20. The molecule has 1 amide bonds. The molecule has 0 aliphatic carbocycles. The van der Waals surface area contributed by atoms with Gasteiger partial charge in [-0.3, -0.25) is 4.79 Å². The highest BCUT2D eigenvalue weighted by atomic mass is 16.5. The van der Waals surface area contributed by atoms with Gasteiger partial charge in [0.05, 0.1) is 19.5 Å². The van der Waals surface area contributed by atoms with Crippen LogP contribution in [0.4, 0.5) is 0 Å². The van der Waals surface area contributed by atoms with E-state index in [4.69, 9.17) is 4.74 Å². The van der Waals surface area contributed by atoms with Crippen molar-refractivity contribution in [1.29, 1.82) is 0 Å². The molecule has 1 aromatic rings. The summed E-state index contributed by atoms with van der Waals surface area (Å²) in [6, 6.07) is 0.676. The highest BCUT2D eigenvalue weighted by Crippen LogP contribution is 2.32. The molecule has 2 unspecified atom stereocenters. The molecule has 2 atom stereocenters. The number of likely N-dealkylation sites (N-methyl/N-ethyl adjacent to an activating group) is 1. The van der Waals surface area contributed by atoms with Gasteiger partial charge < -0.3 is 14.5 Å². The Hall–Kier alpha value is -1.69. The van der Waals surface area contributed by atoms with E-state index in [1.807, 2.05) is 4.90 Å². The summed E-state index contributed by atoms with van der Waals surface area (Å²) in [6.07, 6.45) is 4.08. The second-order valence-electron chi connectivity index (χ2n) is 4.92. The van der Waals surface area contributed by atoms with Crippen molar-refractivity contribution in [3.05, 3.63) is 18.1 Å². The van der Waals surface area contributed by atoms with E-state index >= 15 is 0 Å². The van der Waals surface area contributed by atoms with Crippen LogP contribution in [0.2, 0.25) is 0 Å². The molecule has 2 aliphatic heterocycles. The van der Waals surface area contributed by atoms with E-state index in [-0.39, 0.29) is 5.91 Å². The van der Waals surface area contributed by atoms with Crippen LogP contribution in [0.15, 0.2) is 12.4 Å². The molecule has 0 aromatic carbocycles. The Bertz CT molecular complexity index is 450. The van der Waals surface area contributed by atoms with Crippen LogP contribution < -0.4 is 4.74 Å². The summed E-state index contributed by atoms with van der Waals surface area (Å²) in [5, 5.41) is 0. The van der Waals surface area contributed by atoms with Gasteiger partial charge in [0.15, 0.2) is 0 Å². The summed E-state index contributed by atoms with van der Waals surface area (Å²) < 4.78 is 4.93. The van der Waals surface area contributed by atoms with Gasteiger partial charge >= 0.3 is 0 Å². The normalized spacial score (nSPS) is 26.7.